The van der Waals surface area contributed by atoms with Gasteiger partial charge in [0, 0.05) is 22.2 Å². The molecule has 2 rings (SSSR count). The molecular weight excluding hydrogens is 350 g/mol. The van der Waals surface area contributed by atoms with Crippen LogP contribution in [0.3, 0.4) is 0 Å². The molecule has 140 valence electrons. The summed E-state index contributed by atoms with van der Waals surface area (Å²) in [5.74, 6) is 1.30. The Bertz CT molecular complexity index is 733. The lowest BCUT2D eigenvalue weighted by Gasteiger charge is -2.15. The minimum Gasteiger partial charge on any atom is -0.493 e. The molecule has 0 saturated carbocycles. The number of halogens is 1. The van der Waals surface area contributed by atoms with E-state index in [9.17, 15) is 4.79 Å². The number of ether oxygens (including phenoxy) is 2. The van der Waals surface area contributed by atoms with Crippen molar-refractivity contribution in [2.75, 3.05) is 6.61 Å². The van der Waals surface area contributed by atoms with Gasteiger partial charge < -0.3 is 14.8 Å². The van der Waals surface area contributed by atoms with E-state index in [1.165, 1.54) is 0 Å². The summed E-state index contributed by atoms with van der Waals surface area (Å²) in [6.07, 6.45) is 1.98. The van der Waals surface area contributed by atoms with Crippen molar-refractivity contribution in [1.82, 2.24) is 5.32 Å². The number of amides is 1. The lowest BCUT2D eigenvalue weighted by molar-refractivity contribution is 0.0938. The average Bonchev–Trinajstić information content (AvgIpc) is 2.61. The highest BCUT2D eigenvalue weighted by Gasteiger charge is 2.13. The molecular formula is C21H26ClNO3. The minimum absolute atomic E-state index is 0.0852. The van der Waals surface area contributed by atoms with Crippen molar-refractivity contribution in [3.63, 3.8) is 0 Å². The van der Waals surface area contributed by atoms with Gasteiger partial charge >= 0.3 is 0 Å². The lowest BCUT2D eigenvalue weighted by atomic mass is 10.1. The van der Waals surface area contributed by atoms with Gasteiger partial charge in [-0.05, 0) is 56.7 Å². The van der Waals surface area contributed by atoms with Crippen LogP contribution in [0.15, 0.2) is 42.5 Å². The van der Waals surface area contributed by atoms with Crippen LogP contribution in [-0.2, 0) is 6.61 Å². The topological polar surface area (TPSA) is 47.6 Å². The third kappa shape index (κ3) is 5.95. The van der Waals surface area contributed by atoms with Crippen molar-refractivity contribution in [3.8, 4) is 11.5 Å². The summed E-state index contributed by atoms with van der Waals surface area (Å²) >= 11 is 5.99. The SMILES string of the molecule is CCC[C@@H](C)NC(=O)c1ccc(OCC)c(COc2cccc(Cl)c2)c1. The van der Waals surface area contributed by atoms with E-state index in [0.717, 1.165) is 18.4 Å². The predicted octanol–water partition coefficient (Wildman–Crippen LogP) is 5.24. The van der Waals surface area contributed by atoms with Gasteiger partial charge in [0.15, 0.2) is 0 Å². The largest absolute Gasteiger partial charge is 0.493 e. The highest BCUT2D eigenvalue weighted by molar-refractivity contribution is 6.30. The van der Waals surface area contributed by atoms with Crippen LogP contribution < -0.4 is 14.8 Å². The Labute approximate surface area is 160 Å². The second-order valence-electron chi connectivity index (χ2n) is 6.16. The first-order valence-corrected chi connectivity index (χ1v) is 9.36. The molecule has 1 amide bonds. The number of nitrogens with one attached hydrogen (secondary N) is 1. The molecule has 0 aliphatic carbocycles. The number of benzene rings is 2. The molecule has 0 saturated heterocycles. The molecule has 1 N–H and O–H groups in total. The summed E-state index contributed by atoms with van der Waals surface area (Å²) in [7, 11) is 0. The first-order chi connectivity index (χ1) is 12.5. The van der Waals surface area contributed by atoms with Crippen LogP contribution in [0.1, 0.15) is 49.5 Å². The monoisotopic (exact) mass is 375 g/mol. The van der Waals surface area contributed by atoms with Gasteiger partial charge in [-0.25, -0.2) is 0 Å². The van der Waals surface area contributed by atoms with Crippen molar-refractivity contribution >= 4 is 17.5 Å². The van der Waals surface area contributed by atoms with Gasteiger partial charge in [0.25, 0.3) is 5.91 Å². The molecule has 2 aromatic rings. The number of carbonyl (C=O) groups is 1. The first kappa shape index (κ1) is 20.1. The van der Waals surface area contributed by atoms with Gasteiger partial charge in [0.1, 0.15) is 18.1 Å². The summed E-state index contributed by atoms with van der Waals surface area (Å²) in [5, 5.41) is 3.64. The molecule has 0 heterocycles. The maximum Gasteiger partial charge on any atom is 0.251 e. The van der Waals surface area contributed by atoms with Gasteiger partial charge in [-0.3, -0.25) is 4.79 Å². The smallest absolute Gasteiger partial charge is 0.251 e. The Morgan fingerprint density at radius 3 is 2.65 bits per heavy atom. The Morgan fingerprint density at radius 1 is 1.15 bits per heavy atom. The Balaban J connectivity index is 2.15. The van der Waals surface area contributed by atoms with Crippen LogP contribution in [0, 0.1) is 0 Å². The number of carbonyl (C=O) groups excluding carboxylic acids is 1. The van der Waals surface area contributed by atoms with Crippen LogP contribution in [0.5, 0.6) is 11.5 Å². The van der Waals surface area contributed by atoms with Crippen LogP contribution in [-0.4, -0.2) is 18.6 Å². The van der Waals surface area contributed by atoms with Crippen LogP contribution in [0.25, 0.3) is 0 Å². The van der Waals surface area contributed by atoms with Crippen molar-refractivity contribution in [2.24, 2.45) is 0 Å². The van der Waals surface area contributed by atoms with E-state index in [0.29, 0.717) is 35.3 Å². The van der Waals surface area contributed by atoms with Gasteiger partial charge in [-0.1, -0.05) is 31.0 Å². The second-order valence-corrected chi connectivity index (χ2v) is 6.60. The normalized spacial score (nSPS) is 11.7. The molecule has 4 nitrogen and oxygen atoms in total. The van der Waals surface area contributed by atoms with Crippen LogP contribution >= 0.6 is 11.6 Å². The number of hydrogen-bond donors (Lipinski definition) is 1. The van der Waals surface area contributed by atoms with Gasteiger partial charge in [0.05, 0.1) is 6.61 Å². The third-order valence-electron chi connectivity index (χ3n) is 3.91. The number of hydrogen-bond acceptors (Lipinski definition) is 3. The number of rotatable bonds is 9. The summed E-state index contributed by atoms with van der Waals surface area (Å²) in [4.78, 5) is 12.5. The highest BCUT2D eigenvalue weighted by atomic mass is 35.5. The van der Waals surface area contributed by atoms with E-state index < -0.39 is 0 Å². The van der Waals surface area contributed by atoms with E-state index in [1.54, 1.807) is 18.2 Å². The fourth-order valence-electron chi connectivity index (χ4n) is 2.66. The van der Waals surface area contributed by atoms with E-state index in [4.69, 9.17) is 21.1 Å². The summed E-state index contributed by atoms with van der Waals surface area (Å²) in [6, 6.07) is 12.8. The van der Waals surface area contributed by atoms with Gasteiger partial charge in [-0.2, -0.15) is 0 Å². The third-order valence-corrected chi connectivity index (χ3v) is 4.15. The maximum absolute atomic E-state index is 12.5. The Hall–Kier alpha value is -2.20. The molecule has 0 aromatic heterocycles. The van der Waals surface area contributed by atoms with Crippen molar-refractivity contribution < 1.29 is 14.3 Å². The molecule has 0 unspecified atom stereocenters. The van der Waals surface area contributed by atoms with E-state index in [-0.39, 0.29) is 11.9 Å². The molecule has 2 aromatic carbocycles. The second kappa shape index (κ2) is 10.1. The quantitative estimate of drug-likeness (QED) is 0.652. The Morgan fingerprint density at radius 2 is 1.96 bits per heavy atom. The lowest BCUT2D eigenvalue weighted by Crippen LogP contribution is -2.32. The zero-order valence-corrected chi connectivity index (χ0v) is 16.3. The molecule has 5 heteroatoms. The van der Waals surface area contributed by atoms with Crippen LogP contribution in [0.2, 0.25) is 5.02 Å². The van der Waals surface area contributed by atoms with E-state index in [1.807, 2.05) is 38.1 Å². The van der Waals surface area contributed by atoms with E-state index >= 15 is 0 Å². The molecule has 0 radical (unpaired) electrons. The van der Waals surface area contributed by atoms with Crippen molar-refractivity contribution in [3.05, 3.63) is 58.6 Å². The first-order valence-electron chi connectivity index (χ1n) is 8.98. The standard InChI is InChI=1S/C21H26ClNO3/c1-4-7-15(3)23-21(24)16-10-11-20(25-5-2)17(12-16)14-26-19-9-6-8-18(22)13-19/h6,8-13,15H,4-5,7,14H2,1-3H3,(H,23,24)/t15-/m1/s1. The average molecular weight is 376 g/mol. The molecule has 1 atom stereocenters. The molecule has 0 bridgehead atoms. The van der Waals surface area contributed by atoms with E-state index in [2.05, 4.69) is 12.2 Å². The van der Waals surface area contributed by atoms with Crippen molar-refractivity contribution in [1.29, 1.82) is 0 Å². The predicted molar refractivity (Wildman–Crippen MR) is 105 cm³/mol. The minimum atomic E-state index is -0.0852. The van der Waals surface area contributed by atoms with Gasteiger partial charge in [-0.15, -0.1) is 0 Å². The van der Waals surface area contributed by atoms with Crippen LogP contribution in [0.4, 0.5) is 0 Å². The Kier molecular flexibility index (Phi) is 7.79. The molecule has 0 aliphatic heterocycles. The summed E-state index contributed by atoms with van der Waals surface area (Å²) < 4.78 is 11.5. The molecule has 0 aliphatic rings. The molecule has 0 spiro atoms. The maximum atomic E-state index is 12.5. The fourth-order valence-corrected chi connectivity index (χ4v) is 2.84. The summed E-state index contributed by atoms with van der Waals surface area (Å²) in [6.45, 7) is 6.88. The van der Waals surface area contributed by atoms with Gasteiger partial charge in [0.2, 0.25) is 0 Å². The highest BCUT2D eigenvalue weighted by Crippen LogP contribution is 2.24. The zero-order chi connectivity index (χ0) is 18.9. The molecule has 26 heavy (non-hydrogen) atoms. The van der Waals surface area contributed by atoms with Crippen molar-refractivity contribution in [2.45, 2.75) is 46.3 Å². The fraction of sp³-hybridized carbons (Fsp3) is 0.381. The molecule has 0 fully saturated rings. The zero-order valence-electron chi connectivity index (χ0n) is 15.5. The summed E-state index contributed by atoms with van der Waals surface area (Å²) in [5.41, 5.74) is 1.42.